The first-order valence-corrected chi connectivity index (χ1v) is 10.7. The van der Waals surface area contributed by atoms with Crippen molar-refractivity contribution in [2.75, 3.05) is 31.2 Å². The molecule has 3 heterocycles. The van der Waals surface area contributed by atoms with Gasteiger partial charge in [-0.15, -0.1) is 11.8 Å². The van der Waals surface area contributed by atoms with Gasteiger partial charge >= 0.3 is 6.03 Å². The summed E-state index contributed by atoms with van der Waals surface area (Å²) in [7, 11) is 0. The van der Waals surface area contributed by atoms with Gasteiger partial charge in [-0.2, -0.15) is 0 Å². The number of hydrogen-bond donors (Lipinski definition) is 1. The number of carbonyl (C=O) groups excluding carboxylic acids is 2. The van der Waals surface area contributed by atoms with Crippen LogP contribution in [0.1, 0.15) is 18.5 Å². The van der Waals surface area contributed by atoms with Crippen molar-refractivity contribution in [3.05, 3.63) is 54.4 Å². The summed E-state index contributed by atoms with van der Waals surface area (Å²) in [6, 6.07) is 13.4. The fourth-order valence-electron chi connectivity index (χ4n) is 4.06. The van der Waals surface area contributed by atoms with Crippen molar-refractivity contribution in [3.63, 3.8) is 0 Å². The molecule has 1 atom stereocenters. The van der Waals surface area contributed by atoms with E-state index in [-0.39, 0.29) is 11.9 Å². The highest BCUT2D eigenvalue weighted by atomic mass is 32.2. The van der Waals surface area contributed by atoms with Gasteiger partial charge in [0.2, 0.25) is 5.91 Å². The monoisotopic (exact) mass is 396 g/mol. The predicted octanol–water partition coefficient (Wildman–Crippen LogP) is 3.46. The number of hydrogen-bond acceptors (Lipinski definition) is 4. The Kier molecular flexibility index (Phi) is 5.26. The number of benzene rings is 1. The summed E-state index contributed by atoms with van der Waals surface area (Å²) < 4.78 is 0. The predicted molar refractivity (Wildman–Crippen MR) is 110 cm³/mol. The zero-order valence-corrected chi connectivity index (χ0v) is 16.7. The maximum Gasteiger partial charge on any atom is 0.321 e. The highest BCUT2D eigenvalue weighted by molar-refractivity contribution is 7.98. The molecule has 1 spiro atoms. The lowest BCUT2D eigenvalue weighted by Gasteiger charge is -2.23. The summed E-state index contributed by atoms with van der Waals surface area (Å²) in [5, 5.41) is 2.97. The van der Waals surface area contributed by atoms with Crippen LogP contribution >= 0.6 is 11.8 Å². The van der Waals surface area contributed by atoms with E-state index < -0.39 is 5.41 Å². The summed E-state index contributed by atoms with van der Waals surface area (Å²) in [6.07, 6.45) is 5.28. The normalized spacial score (nSPS) is 21.5. The molecule has 0 bridgehead atoms. The van der Waals surface area contributed by atoms with Crippen molar-refractivity contribution in [1.29, 1.82) is 0 Å². The molecule has 28 heavy (non-hydrogen) atoms. The van der Waals surface area contributed by atoms with E-state index in [4.69, 9.17) is 0 Å². The van der Waals surface area contributed by atoms with E-state index in [0.717, 1.165) is 35.7 Å². The third-order valence-corrected chi connectivity index (χ3v) is 6.37. The highest BCUT2D eigenvalue weighted by Gasteiger charge is 2.51. The third kappa shape index (κ3) is 3.71. The minimum absolute atomic E-state index is 0.133. The molecule has 2 aromatic rings. The number of likely N-dealkylation sites (tertiary alicyclic amines) is 2. The lowest BCUT2D eigenvalue weighted by molar-refractivity contribution is -0.135. The summed E-state index contributed by atoms with van der Waals surface area (Å²) in [4.78, 5) is 34.9. The SMILES string of the molecule is CSc1cccc(NC(=O)N2CCC3(CCN(Cc4ccccn4)C3=O)C2)c1. The van der Waals surface area contributed by atoms with Crippen LogP contribution in [0.25, 0.3) is 0 Å². The van der Waals surface area contributed by atoms with Gasteiger partial charge in [0.05, 0.1) is 17.7 Å². The van der Waals surface area contributed by atoms with Crippen LogP contribution in [-0.4, -0.2) is 52.6 Å². The van der Waals surface area contributed by atoms with Crippen molar-refractivity contribution in [2.24, 2.45) is 5.41 Å². The van der Waals surface area contributed by atoms with Gasteiger partial charge in [-0.3, -0.25) is 9.78 Å². The van der Waals surface area contributed by atoms with Gasteiger partial charge < -0.3 is 15.1 Å². The van der Waals surface area contributed by atoms with Crippen LogP contribution in [0.3, 0.4) is 0 Å². The molecule has 0 radical (unpaired) electrons. The first kappa shape index (κ1) is 18.8. The number of rotatable bonds is 4. The Balaban J connectivity index is 1.39. The second-order valence-electron chi connectivity index (χ2n) is 7.41. The van der Waals surface area contributed by atoms with Crippen LogP contribution in [0.4, 0.5) is 10.5 Å². The number of anilines is 1. The molecular formula is C21H24N4O2S. The zero-order chi connectivity index (χ0) is 19.6. The van der Waals surface area contributed by atoms with Crippen LogP contribution in [-0.2, 0) is 11.3 Å². The van der Waals surface area contributed by atoms with Crippen molar-refractivity contribution >= 4 is 29.4 Å². The molecule has 0 aliphatic carbocycles. The van der Waals surface area contributed by atoms with Crippen LogP contribution in [0.5, 0.6) is 0 Å². The van der Waals surface area contributed by atoms with Gasteiger partial charge in [-0.1, -0.05) is 12.1 Å². The molecule has 7 heteroatoms. The average Bonchev–Trinajstić information content (AvgIpc) is 3.29. The Labute approximate surface area is 169 Å². The highest BCUT2D eigenvalue weighted by Crippen LogP contribution is 2.41. The van der Waals surface area contributed by atoms with Crippen molar-refractivity contribution in [1.82, 2.24) is 14.8 Å². The second-order valence-corrected chi connectivity index (χ2v) is 8.29. The first-order chi connectivity index (χ1) is 13.6. The van der Waals surface area contributed by atoms with Gasteiger partial charge in [-0.25, -0.2) is 4.79 Å². The van der Waals surface area contributed by atoms with E-state index >= 15 is 0 Å². The molecular weight excluding hydrogens is 372 g/mol. The minimum atomic E-state index is -0.437. The third-order valence-electron chi connectivity index (χ3n) is 5.64. The Morgan fingerprint density at radius 3 is 2.86 bits per heavy atom. The molecule has 2 aliphatic rings. The van der Waals surface area contributed by atoms with E-state index in [0.29, 0.717) is 19.6 Å². The molecule has 1 unspecified atom stereocenters. The average molecular weight is 397 g/mol. The Morgan fingerprint density at radius 2 is 2.07 bits per heavy atom. The zero-order valence-electron chi connectivity index (χ0n) is 15.9. The number of carbonyl (C=O) groups is 2. The van der Waals surface area contributed by atoms with Crippen LogP contribution < -0.4 is 5.32 Å². The molecule has 146 valence electrons. The van der Waals surface area contributed by atoms with E-state index in [2.05, 4.69) is 10.3 Å². The molecule has 1 N–H and O–H groups in total. The van der Waals surface area contributed by atoms with Gasteiger partial charge in [0.1, 0.15) is 0 Å². The van der Waals surface area contributed by atoms with E-state index in [1.54, 1.807) is 22.9 Å². The summed E-state index contributed by atoms with van der Waals surface area (Å²) in [6.45, 7) is 2.35. The lowest BCUT2D eigenvalue weighted by atomic mass is 9.85. The maximum absolute atomic E-state index is 13.1. The Bertz CT molecular complexity index is 876. The first-order valence-electron chi connectivity index (χ1n) is 9.49. The molecule has 4 rings (SSSR count). The molecule has 0 saturated carbocycles. The number of amides is 3. The number of nitrogens with zero attached hydrogens (tertiary/aromatic N) is 3. The number of thioether (sulfide) groups is 1. The standard InChI is InChI=1S/C21H24N4O2S/c1-28-18-7-4-6-16(13-18)23-20(27)25-12-9-21(15-25)8-11-24(19(21)26)14-17-5-2-3-10-22-17/h2-7,10,13H,8-9,11-12,14-15H2,1H3,(H,23,27). The van der Waals surface area contributed by atoms with Gasteiger partial charge in [0, 0.05) is 36.4 Å². The van der Waals surface area contributed by atoms with Crippen LogP contribution in [0.15, 0.2) is 53.6 Å². The molecule has 1 aromatic carbocycles. The molecule has 2 saturated heterocycles. The van der Waals surface area contributed by atoms with Crippen LogP contribution in [0, 0.1) is 5.41 Å². The fraction of sp³-hybridized carbons (Fsp3) is 0.381. The van der Waals surface area contributed by atoms with Gasteiger partial charge in [0.25, 0.3) is 0 Å². The van der Waals surface area contributed by atoms with Crippen molar-refractivity contribution < 1.29 is 9.59 Å². The van der Waals surface area contributed by atoms with E-state index in [1.165, 1.54) is 0 Å². The Hall–Kier alpha value is -2.54. The number of nitrogens with one attached hydrogen (secondary N) is 1. The van der Waals surface area contributed by atoms with Gasteiger partial charge in [0.15, 0.2) is 0 Å². The lowest BCUT2D eigenvalue weighted by Crippen LogP contribution is -2.39. The summed E-state index contributed by atoms with van der Waals surface area (Å²) in [5.74, 6) is 0.151. The largest absolute Gasteiger partial charge is 0.336 e. The number of urea groups is 1. The second kappa shape index (κ2) is 7.83. The molecule has 1 aromatic heterocycles. The Morgan fingerprint density at radius 1 is 1.21 bits per heavy atom. The van der Waals surface area contributed by atoms with Gasteiger partial charge in [-0.05, 0) is 49.4 Å². The van der Waals surface area contributed by atoms with Crippen LogP contribution in [0.2, 0.25) is 0 Å². The molecule has 2 fully saturated rings. The molecule has 2 aliphatic heterocycles. The number of aromatic nitrogens is 1. The number of pyridine rings is 1. The van der Waals surface area contributed by atoms with E-state index in [9.17, 15) is 9.59 Å². The minimum Gasteiger partial charge on any atom is -0.336 e. The fourth-order valence-corrected chi connectivity index (χ4v) is 4.52. The smallest absolute Gasteiger partial charge is 0.321 e. The molecule has 3 amide bonds. The van der Waals surface area contributed by atoms with Crippen molar-refractivity contribution in [2.45, 2.75) is 24.3 Å². The molecule has 6 nitrogen and oxygen atoms in total. The summed E-state index contributed by atoms with van der Waals surface area (Å²) in [5.41, 5.74) is 1.24. The van der Waals surface area contributed by atoms with Crippen molar-refractivity contribution in [3.8, 4) is 0 Å². The maximum atomic E-state index is 13.1. The van der Waals surface area contributed by atoms with E-state index in [1.807, 2.05) is 53.6 Å². The quantitative estimate of drug-likeness (QED) is 0.804. The topological polar surface area (TPSA) is 65.5 Å². The summed E-state index contributed by atoms with van der Waals surface area (Å²) >= 11 is 1.64.